The van der Waals surface area contributed by atoms with Gasteiger partial charge in [-0.3, -0.25) is 4.79 Å². The summed E-state index contributed by atoms with van der Waals surface area (Å²) in [5.74, 6) is 1.45. The Balaban J connectivity index is 1.55. The van der Waals surface area contributed by atoms with Gasteiger partial charge in [-0.2, -0.15) is 0 Å². The van der Waals surface area contributed by atoms with E-state index in [2.05, 4.69) is 56.0 Å². The van der Waals surface area contributed by atoms with Gasteiger partial charge in [0.05, 0.1) is 45.1 Å². The lowest BCUT2D eigenvalue weighted by Crippen LogP contribution is -2.51. The number of fused-ring (bicyclic) bond motifs is 1. The summed E-state index contributed by atoms with van der Waals surface area (Å²) < 4.78 is 28.9. The molecule has 49 heavy (non-hydrogen) atoms. The molecule has 4 atom stereocenters. The highest BCUT2D eigenvalue weighted by Gasteiger charge is 2.53. The maximum atomic E-state index is 12.9. The number of aryl methyl sites for hydroxylation is 1. The Morgan fingerprint density at radius 1 is 0.816 bits per heavy atom. The van der Waals surface area contributed by atoms with Gasteiger partial charge in [-0.15, -0.1) is 0 Å². The molecule has 258 valence electrons. The number of aromatic nitrogens is 4. The molecular weight excluding hydrogens is 637 g/mol. The summed E-state index contributed by atoms with van der Waals surface area (Å²) in [5.41, 5.74) is 1.96. The van der Waals surface area contributed by atoms with Gasteiger partial charge in [-0.25, -0.2) is 9.97 Å². The molecule has 0 radical (unpaired) electrons. The van der Waals surface area contributed by atoms with Crippen LogP contribution in [-0.2, 0) is 21.8 Å². The first-order chi connectivity index (χ1) is 23.3. The van der Waals surface area contributed by atoms with Crippen molar-refractivity contribution in [3.05, 3.63) is 119 Å². The van der Waals surface area contributed by atoms with E-state index >= 15 is 0 Å². The van der Waals surface area contributed by atoms with Gasteiger partial charge in [0.25, 0.3) is 5.56 Å². The zero-order valence-corrected chi connectivity index (χ0v) is 30.5. The van der Waals surface area contributed by atoms with Gasteiger partial charge in [0.2, 0.25) is 0 Å². The van der Waals surface area contributed by atoms with E-state index < -0.39 is 38.3 Å². The predicted molar refractivity (Wildman–Crippen MR) is 192 cm³/mol. The van der Waals surface area contributed by atoms with E-state index in [1.807, 2.05) is 66.7 Å². The Kier molecular flexibility index (Phi) is 9.31. The topological polar surface area (TPSA) is 110 Å². The molecule has 1 saturated carbocycles. The second-order valence-corrected chi connectivity index (χ2v) is 19.0. The van der Waals surface area contributed by atoms with Crippen molar-refractivity contribution < 1.29 is 23.7 Å². The second kappa shape index (κ2) is 13.2. The largest absolute Gasteiger partial charge is 0.497 e. The third kappa shape index (κ3) is 6.20. The van der Waals surface area contributed by atoms with E-state index in [4.69, 9.17) is 18.6 Å². The van der Waals surface area contributed by atoms with E-state index in [9.17, 15) is 9.90 Å². The standard InChI is InChI=1S/C38H46N4O6Si/c1-37(2,3)49(7,8)48-34-31(22-30(33(34)43)42-24-39-32-35(42)40-23-41(4)36(32)44)47-38(25-12-10-9-11-13-25,26-14-18-28(45-5)19-15-26)27-16-20-29(46-6)21-17-27/h9-21,23-24,30-31,33-34,43H,22H2,1-8H3/t30-,31+,33+,34-/m1/s1. The number of rotatable bonds is 10. The molecule has 0 unspecified atom stereocenters. The van der Waals surface area contributed by atoms with Crippen LogP contribution in [-0.4, -0.2) is 65.1 Å². The number of aliphatic hydroxyl groups is 1. The van der Waals surface area contributed by atoms with Crippen LogP contribution in [0.15, 0.2) is 96.3 Å². The fraction of sp³-hybridized carbons (Fsp3) is 0.395. The highest BCUT2D eigenvalue weighted by atomic mass is 28.4. The Morgan fingerprint density at radius 3 is 1.90 bits per heavy atom. The van der Waals surface area contributed by atoms with E-state index in [1.54, 1.807) is 32.2 Å². The molecule has 6 rings (SSSR count). The lowest BCUT2D eigenvalue weighted by Gasteiger charge is -2.43. The smallest absolute Gasteiger partial charge is 0.281 e. The van der Waals surface area contributed by atoms with E-state index in [1.165, 1.54) is 10.9 Å². The summed E-state index contributed by atoms with van der Waals surface area (Å²) in [7, 11) is 2.49. The summed E-state index contributed by atoms with van der Waals surface area (Å²) in [6.45, 7) is 10.9. The highest BCUT2D eigenvalue weighted by molar-refractivity contribution is 6.74. The number of hydrogen-bond donors (Lipinski definition) is 1. The number of imidazole rings is 1. The van der Waals surface area contributed by atoms with Crippen LogP contribution in [0.3, 0.4) is 0 Å². The van der Waals surface area contributed by atoms with Crippen molar-refractivity contribution in [3.8, 4) is 11.5 Å². The average Bonchev–Trinajstić information content (AvgIpc) is 3.65. The summed E-state index contributed by atoms with van der Waals surface area (Å²) in [6.07, 6.45) is 1.18. The number of nitrogens with zero attached hydrogens (tertiary/aromatic N) is 4. The van der Waals surface area contributed by atoms with Crippen molar-refractivity contribution in [3.63, 3.8) is 0 Å². The summed E-state index contributed by atoms with van der Waals surface area (Å²) >= 11 is 0. The lowest BCUT2D eigenvalue weighted by atomic mass is 9.79. The van der Waals surface area contributed by atoms with Crippen LogP contribution in [0.1, 0.15) is 49.9 Å². The molecule has 5 aromatic rings. The van der Waals surface area contributed by atoms with Crippen LogP contribution in [0.2, 0.25) is 18.1 Å². The fourth-order valence-corrected chi connectivity index (χ4v) is 7.82. The van der Waals surface area contributed by atoms with Crippen LogP contribution in [0.5, 0.6) is 11.5 Å². The Bertz CT molecular complexity index is 1900. The van der Waals surface area contributed by atoms with Gasteiger partial charge in [0.15, 0.2) is 19.5 Å². The van der Waals surface area contributed by atoms with Gasteiger partial charge in [0, 0.05) is 7.05 Å². The van der Waals surface area contributed by atoms with Gasteiger partial charge >= 0.3 is 0 Å². The molecule has 0 spiro atoms. The van der Waals surface area contributed by atoms with Crippen molar-refractivity contribution in [2.75, 3.05) is 14.2 Å². The second-order valence-electron chi connectivity index (χ2n) is 14.3. The minimum atomic E-state index is -2.44. The fourth-order valence-electron chi connectivity index (χ4n) is 6.50. The van der Waals surface area contributed by atoms with Crippen LogP contribution in [0, 0.1) is 0 Å². The van der Waals surface area contributed by atoms with E-state index in [0.29, 0.717) is 12.1 Å². The third-order valence-electron chi connectivity index (χ3n) is 10.3. The summed E-state index contributed by atoms with van der Waals surface area (Å²) in [4.78, 5) is 21.9. The van der Waals surface area contributed by atoms with Crippen molar-refractivity contribution >= 4 is 19.5 Å². The SMILES string of the molecule is COc1ccc(C(O[C@H]2C[C@@H](n3cnc4c(=O)n(C)cnc43)[C@H](O)[C@@H]2O[Si](C)(C)C(C)(C)C)(c2ccccc2)c2ccc(OC)cc2)cc1. The van der Waals surface area contributed by atoms with Crippen molar-refractivity contribution in [1.29, 1.82) is 0 Å². The molecule has 1 N–H and O–H groups in total. The van der Waals surface area contributed by atoms with Crippen molar-refractivity contribution in [1.82, 2.24) is 19.1 Å². The normalized spacial score (nSPS) is 20.1. The monoisotopic (exact) mass is 682 g/mol. The van der Waals surface area contributed by atoms with Crippen LogP contribution in [0.25, 0.3) is 11.2 Å². The molecule has 0 aliphatic heterocycles. The Morgan fingerprint density at radius 2 is 1.37 bits per heavy atom. The number of methoxy groups -OCH3 is 2. The van der Waals surface area contributed by atoms with Crippen LogP contribution in [0.4, 0.5) is 0 Å². The highest BCUT2D eigenvalue weighted by Crippen LogP contribution is 2.48. The Hall–Kier alpha value is -4.29. The molecule has 2 aromatic heterocycles. The predicted octanol–water partition coefficient (Wildman–Crippen LogP) is 6.22. The molecule has 0 bridgehead atoms. The van der Waals surface area contributed by atoms with E-state index in [0.717, 1.165) is 28.2 Å². The number of benzene rings is 3. The molecular formula is C38H46N4O6Si. The molecule has 1 fully saturated rings. The van der Waals surface area contributed by atoms with Crippen molar-refractivity contribution in [2.45, 2.75) is 75.3 Å². The molecule has 1 aliphatic carbocycles. The molecule has 3 aromatic carbocycles. The number of ether oxygens (including phenoxy) is 3. The molecule has 0 amide bonds. The first kappa shape index (κ1) is 34.6. The van der Waals surface area contributed by atoms with Gasteiger partial charge < -0.3 is 32.9 Å². The minimum Gasteiger partial charge on any atom is -0.497 e. The maximum absolute atomic E-state index is 12.9. The maximum Gasteiger partial charge on any atom is 0.281 e. The first-order valence-corrected chi connectivity index (χ1v) is 19.5. The number of aliphatic hydroxyl groups excluding tert-OH is 1. The van der Waals surface area contributed by atoms with Gasteiger partial charge in [-0.05, 0) is 65.5 Å². The van der Waals surface area contributed by atoms with Crippen LogP contribution < -0.4 is 15.0 Å². The zero-order chi connectivity index (χ0) is 35.1. The van der Waals surface area contributed by atoms with Crippen LogP contribution >= 0.6 is 0 Å². The molecule has 2 heterocycles. The van der Waals surface area contributed by atoms with Gasteiger partial charge in [-0.1, -0.05) is 75.4 Å². The average molecular weight is 683 g/mol. The third-order valence-corrected chi connectivity index (χ3v) is 14.8. The number of hydrogen-bond acceptors (Lipinski definition) is 8. The zero-order valence-electron chi connectivity index (χ0n) is 29.5. The molecule has 11 heteroatoms. The lowest BCUT2D eigenvalue weighted by molar-refractivity contribution is -0.102. The summed E-state index contributed by atoms with van der Waals surface area (Å²) in [5, 5.41) is 12.1. The molecule has 10 nitrogen and oxygen atoms in total. The molecule has 1 aliphatic rings. The van der Waals surface area contributed by atoms with E-state index in [-0.39, 0.29) is 16.1 Å². The first-order valence-electron chi connectivity index (χ1n) is 16.6. The quantitative estimate of drug-likeness (QED) is 0.137. The van der Waals surface area contributed by atoms with Crippen molar-refractivity contribution in [2.24, 2.45) is 7.05 Å². The Labute approximate surface area is 288 Å². The summed E-state index contributed by atoms with van der Waals surface area (Å²) in [6, 6.07) is 25.4. The molecule has 0 saturated heterocycles. The minimum absolute atomic E-state index is 0.132. The van der Waals surface area contributed by atoms with Gasteiger partial charge in [0.1, 0.15) is 23.2 Å².